The Balaban J connectivity index is 2.00. The van der Waals surface area contributed by atoms with Crippen molar-refractivity contribution in [1.29, 1.82) is 0 Å². The van der Waals surface area contributed by atoms with Crippen LogP contribution in [0.3, 0.4) is 0 Å². The van der Waals surface area contributed by atoms with E-state index >= 15 is 0 Å². The Morgan fingerprint density at radius 2 is 2.22 bits per heavy atom. The van der Waals surface area contributed by atoms with E-state index in [0.717, 1.165) is 12.4 Å². The van der Waals surface area contributed by atoms with Gasteiger partial charge >= 0.3 is 0 Å². The molecule has 0 atom stereocenters. The number of ether oxygens (including phenoxy) is 1. The maximum absolute atomic E-state index is 13.6. The molecule has 96 valence electrons. The molecule has 0 aliphatic heterocycles. The number of H-pyrrole nitrogens is 1. The maximum atomic E-state index is 13.6. The second-order valence-corrected chi connectivity index (χ2v) is 3.89. The molecule has 2 N–H and O–H groups in total. The number of hydrogen-bond acceptors (Lipinski definition) is 3. The average Bonchev–Trinajstić information content (AvgIpc) is 2.84. The summed E-state index contributed by atoms with van der Waals surface area (Å²) in [5.74, 6) is 0.532. The lowest BCUT2D eigenvalue weighted by atomic mass is 10.1. The molecule has 0 radical (unpaired) electrons. The van der Waals surface area contributed by atoms with Crippen LogP contribution >= 0.6 is 0 Å². The van der Waals surface area contributed by atoms with Crippen molar-refractivity contribution < 1.29 is 9.13 Å². The van der Waals surface area contributed by atoms with Gasteiger partial charge < -0.3 is 15.0 Å². The number of halogens is 1. The van der Waals surface area contributed by atoms with Crippen molar-refractivity contribution in [1.82, 2.24) is 15.3 Å². The Morgan fingerprint density at radius 3 is 3.00 bits per heavy atom. The molecule has 0 spiro atoms. The van der Waals surface area contributed by atoms with Crippen molar-refractivity contribution in [2.45, 2.75) is 6.54 Å². The van der Waals surface area contributed by atoms with Gasteiger partial charge in [-0.15, -0.1) is 0 Å². The minimum absolute atomic E-state index is 0.250. The third kappa shape index (κ3) is 3.15. The summed E-state index contributed by atoms with van der Waals surface area (Å²) in [6, 6.07) is 6.63. The quantitative estimate of drug-likeness (QED) is 0.769. The van der Waals surface area contributed by atoms with Gasteiger partial charge in [0, 0.05) is 19.2 Å². The van der Waals surface area contributed by atoms with Crippen LogP contribution in [0.25, 0.3) is 11.3 Å². The maximum Gasteiger partial charge on any atom is 0.132 e. The lowest BCUT2D eigenvalue weighted by Crippen LogP contribution is -2.19. The van der Waals surface area contributed by atoms with Gasteiger partial charge in [0.1, 0.15) is 11.6 Å². The molecule has 0 unspecified atom stereocenters. The largest absolute Gasteiger partial charge is 0.383 e. The number of nitrogens with one attached hydrogen (secondary N) is 2. The summed E-state index contributed by atoms with van der Waals surface area (Å²) in [6.07, 6.45) is 1.64. The van der Waals surface area contributed by atoms with E-state index in [1.165, 1.54) is 6.07 Å². The molecule has 0 saturated heterocycles. The fourth-order valence-corrected chi connectivity index (χ4v) is 1.65. The Morgan fingerprint density at radius 1 is 1.39 bits per heavy atom. The Bertz CT molecular complexity index is 498. The third-order valence-corrected chi connectivity index (χ3v) is 2.57. The summed E-state index contributed by atoms with van der Waals surface area (Å²) in [4.78, 5) is 7.30. The second kappa shape index (κ2) is 6.28. The highest BCUT2D eigenvalue weighted by atomic mass is 19.1. The molecule has 0 fully saturated rings. The summed E-state index contributed by atoms with van der Waals surface area (Å²) in [5.41, 5.74) is 1.23. The summed E-state index contributed by atoms with van der Waals surface area (Å²) in [5, 5.41) is 3.17. The van der Waals surface area contributed by atoms with Gasteiger partial charge in [0.25, 0.3) is 0 Å². The van der Waals surface area contributed by atoms with Gasteiger partial charge in [-0.2, -0.15) is 0 Å². The highest BCUT2D eigenvalue weighted by Crippen LogP contribution is 2.20. The first-order chi connectivity index (χ1) is 8.81. The molecule has 2 rings (SSSR count). The first kappa shape index (κ1) is 12.7. The molecule has 1 heterocycles. The van der Waals surface area contributed by atoms with Crippen molar-refractivity contribution in [3.8, 4) is 11.3 Å². The van der Waals surface area contributed by atoms with Crippen molar-refractivity contribution in [3.05, 3.63) is 42.1 Å². The van der Waals surface area contributed by atoms with Crippen LogP contribution < -0.4 is 5.32 Å². The molecule has 1 aromatic carbocycles. The fourth-order valence-electron chi connectivity index (χ4n) is 1.65. The number of aromatic nitrogens is 2. The lowest BCUT2D eigenvalue weighted by Gasteiger charge is -2.01. The monoisotopic (exact) mass is 249 g/mol. The molecule has 1 aromatic heterocycles. The zero-order valence-electron chi connectivity index (χ0n) is 10.2. The minimum atomic E-state index is -0.250. The molecule has 0 bridgehead atoms. The number of aromatic amines is 1. The highest BCUT2D eigenvalue weighted by molar-refractivity contribution is 5.59. The van der Waals surface area contributed by atoms with Crippen LogP contribution in [0.1, 0.15) is 5.82 Å². The van der Waals surface area contributed by atoms with Crippen molar-refractivity contribution >= 4 is 0 Å². The zero-order valence-corrected chi connectivity index (χ0v) is 10.2. The van der Waals surface area contributed by atoms with Crippen molar-refractivity contribution in [3.63, 3.8) is 0 Å². The Hall–Kier alpha value is -1.72. The van der Waals surface area contributed by atoms with Crippen LogP contribution in [0.5, 0.6) is 0 Å². The van der Waals surface area contributed by atoms with Gasteiger partial charge in [0.2, 0.25) is 0 Å². The molecule has 0 saturated carbocycles. The topological polar surface area (TPSA) is 49.9 Å². The molecule has 4 nitrogen and oxygen atoms in total. The summed E-state index contributed by atoms with van der Waals surface area (Å²) >= 11 is 0. The van der Waals surface area contributed by atoms with Crippen LogP contribution in [0, 0.1) is 5.82 Å². The molecule has 0 amide bonds. The number of rotatable bonds is 6. The normalized spacial score (nSPS) is 10.8. The van der Waals surface area contributed by atoms with Crippen LogP contribution in [0.4, 0.5) is 4.39 Å². The fraction of sp³-hybridized carbons (Fsp3) is 0.308. The van der Waals surface area contributed by atoms with Crippen molar-refractivity contribution in [2.24, 2.45) is 0 Å². The van der Waals surface area contributed by atoms with Gasteiger partial charge in [0.05, 0.1) is 25.0 Å². The zero-order chi connectivity index (χ0) is 12.8. The van der Waals surface area contributed by atoms with Crippen LogP contribution in [-0.2, 0) is 11.3 Å². The SMILES string of the molecule is COCCNCc1ncc(-c2ccccc2F)[nH]1. The highest BCUT2D eigenvalue weighted by Gasteiger charge is 2.07. The van der Waals surface area contributed by atoms with E-state index in [-0.39, 0.29) is 5.82 Å². The van der Waals surface area contributed by atoms with Gasteiger partial charge in [-0.1, -0.05) is 12.1 Å². The minimum Gasteiger partial charge on any atom is -0.383 e. The first-order valence-electron chi connectivity index (χ1n) is 5.79. The van der Waals surface area contributed by atoms with Crippen LogP contribution in [0.15, 0.2) is 30.5 Å². The molecule has 18 heavy (non-hydrogen) atoms. The molecular weight excluding hydrogens is 233 g/mol. The first-order valence-corrected chi connectivity index (χ1v) is 5.79. The third-order valence-electron chi connectivity index (χ3n) is 2.57. The van der Waals surface area contributed by atoms with Gasteiger partial charge in [-0.05, 0) is 12.1 Å². The van der Waals surface area contributed by atoms with Crippen LogP contribution in [0.2, 0.25) is 0 Å². The number of benzene rings is 1. The number of nitrogens with zero attached hydrogens (tertiary/aromatic N) is 1. The van der Waals surface area contributed by atoms with E-state index in [1.54, 1.807) is 31.5 Å². The van der Waals surface area contributed by atoms with E-state index in [1.807, 2.05) is 0 Å². The number of hydrogen-bond donors (Lipinski definition) is 2. The molecule has 2 aromatic rings. The molecule has 5 heteroatoms. The Labute approximate surface area is 105 Å². The van der Waals surface area contributed by atoms with E-state index in [4.69, 9.17) is 4.74 Å². The molecular formula is C13H16FN3O. The van der Waals surface area contributed by atoms with E-state index in [2.05, 4.69) is 15.3 Å². The summed E-state index contributed by atoms with van der Waals surface area (Å²) in [7, 11) is 1.66. The van der Waals surface area contributed by atoms with Gasteiger partial charge in [0.15, 0.2) is 0 Å². The number of methoxy groups -OCH3 is 1. The van der Waals surface area contributed by atoms with Gasteiger partial charge in [-0.25, -0.2) is 9.37 Å². The predicted molar refractivity (Wildman–Crippen MR) is 67.6 cm³/mol. The lowest BCUT2D eigenvalue weighted by molar-refractivity contribution is 0.199. The van der Waals surface area contributed by atoms with E-state index < -0.39 is 0 Å². The van der Waals surface area contributed by atoms with Gasteiger partial charge in [-0.3, -0.25) is 0 Å². The van der Waals surface area contributed by atoms with E-state index in [9.17, 15) is 4.39 Å². The summed E-state index contributed by atoms with van der Waals surface area (Å²) < 4.78 is 18.5. The smallest absolute Gasteiger partial charge is 0.132 e. The van der Waals surface area contributed by atoms with Crippen molar-refractivity contribution in [2.75, 3.05) is 20.3 Å². The summed E-state index contributed by atoms with van der Waals surface area (Å²) in [6.45, 7) is 2.02. The average molecular weight is 249 g/mol. The predicted octanol–water partition coefficient (Wildman–Crippen LogP) is 1.95. The number of imidazole rings is 1. The molecule has 0 aliphatic rings. The standard InChI is InChI=1S/C13H16FN3O/c1-18-7-6-15-9-13-16-8-12(17-13)10-4-2-3-5-11(10)14/h2-5,8,15H,6-7,9H2,1H3,(H,16,17). The second-order valence-electron chi connectivity index (χ2n) is 3.89. The van der Waals surface area contributed by atoms with Crippen LogP contribution in [-0.4, -0.2) is 30.2 Å². The Kier molecular flexibility index (Phi) is 4.44. The molecule has 0 aliphatic carbocycles. The van der Waals surface area contributed by atoms with E-state index in [0.29, 0.717) is 24.4 Å².